The van der Waals surface area contributed by atoms with Gasteiger partial charge >= 0.3 is 0 Å². The minimum absolute atomic E-state index is 0. The highest BCUT2D eigenvalue weighted by atomic mass is 16.5. The molecule has 0 unspecified atom stereocenters. The van der Waals surface area contributed by atoms with Gasteiger partial charge in [-0.1, -0.05) is 36.4 Å². The van der Waals surface area contributed by atoms with Gasteiger partial charge in [0.05, 0.1) is 31.2 Å². The third-order valence-electron chi connectivity index (χ3n) is 5.18. The molecule has 0 saturated carbocycles. The van der Waals surface area contributed by atoms with E-state index >= 15 is 0 Å². The molecule has 0 aromatic heterocycles. The summed E-state index contributed by atoms with van der Waals surface area (Å²) in [7, 11) is 0. The Balaban J connectivity index is 0.00000456. The zero-order chi connectivity index (χ0) is 24.9. The first-order chi connectivity index (χ1) is 17.1. The number of benzene rings is 3. The second-order valence-corrected chi connectivity index (χ2v) is 7.66. The van der Waals surface area contributed by atoms with Crippen molar-refractivity contribution in [1.29, 1.82) is 0 Å². The molecule has 0 fully saturated rings. The van der Waals surface area contributed by atoms with Crippen molar-refractivity contribution in [3.8, 4) is 11.5 Å². The Bertz CT molecular complexity index is 1140. The maximum Gasteiger partial charge on any atom is 0.119 e. The fourth-order valence-corrected chi connectivity index (χ4v) is 3.41. The molecule has 0 aliphatic carbocycles. The van der Waals surface area contributed by atoms with E-state index < -0.39 is 0 Å². The number of nitrogens with two attached hydrogens (primary N) is 1. The maximum absolute atomic E-state index is 6.63. The van der Waals surface area contributed by atoms with E-state index in [1.54, 1.807) is 0 Å². The van der Waals surface area contributed by atoms with Gasteiger partial charge < -0.3 is 19.9 Å². The van der Waals surface area contributed by atoms with Crippen molar-refractivity contribution in [3.05, 3.63) is 101 Å². The van der Waals surface area contributed by atoms with Gasteiger partial charge in [0.2, 0.25) is 0 Å². The van der Waals surface area contributed by atoms with Crippen molar-refractivity contribution in [2.45, 2.75) is 20.8 Å². The normalized spacial score (nSPS) is 12.2. The molecule has 3 aromatic rings. The fraction of sp³-hybridized carbons (Fsp3) is 0.233. The molecule has 3 rings (SSSR count). The number of hydrogen-bond donors (Lipinski definition) is 1. The molecule has 3 aromatic carbocycles. The quantitative estimate of drug-likeness (QED) is 0.181. The van der Waals surface area contributed by atoms with Crippen molar-refractivity contribution in [3.63, 3.8) is 0 Å². The molecule has 0 amide bonds. The molecule has 0 atom stereocenters. The molecule has 5 nitrogen and oxygen atoms in total. The third-order valence-corrected chi connectivity index (χ3v) is 5.18. The second kappa shape index (κ2) is 13.8. The van der Waals surface area contributed by atoms with Gasteiger partial charge in [0.15, 0.2) is 0 Å². The first-order valence-corrected chi connectivity index (χ1v) is 12.0. The first-order valence-electron chi connectivity index (χ1n) is 12.0. The van der Waals surface area contributed by atoms with E-state index in [0.29, 0.717) is 37.8 Å². The van der Waals surface area contributed by atoms with Gasteiger partial charge in [-0.15, -0.1) is 0 Å². The van der Waals surface area contributed by atoms with Crippen LogP contribution in [0.2, 0.25) is 0 Å². The Morgan fingerprint density at radius 1 is 0.743 bits per heavy atom. The summed E-state index contributed by atoms with van der Waals surface area (Å²) in [6.45, 7) is 8.47. The van der Waals surface area contributed by atoms with Crippen LogP contribution in [-0.2, 0) is 4.74 Å². The lowest BCUT2D eigenvalue weighted by Crippen LogP contribution is -2.02. The monoisotopic (exact) mass is 472 g/mol. The smallest absolute Gasteiger partial charge is 0.119 e. The van der Waals surface area contributed by atoms with Gasteiger partial charge in [-0.25, -0.2) is 0 Å². The number of hydrogen-bond acceptors (Lipinski definition) is 5. The summed E-state index contributed by atoms with van der Waals surface area (Å²) >= 11 is 0. The molecule has 0 radical (unpaired) electrons. The predicted octanol–water partition coefficient (Wildman–Crippen LogP) is 6.68. The second-order valence-electron chi connectivity index (χ2n) is 7.66. The summed E-state index contributed by atoms with van der Waals surface area (Å²) in [5.41, 5.74) is 11.8. The Hall–Kier alpha value is -3.83. The average Bonchev–Trinajstić information content (AvgIpc) is 2.89. The Morgan fingerprint density at radius 3 is 1.83 bits per heavy atom. The van der Waals surface area contributed by atoms with Crippen molar-refractivity contribution < 1.29 is 15.6 Å². The molecule has 0 spiro atoms. The van der Waals surface area contributed by atoms with Crippen LogP contribution in [0.15, 0.2) is 83.9 Å². The lowest BCUT2D eigenvalue weighted by Gasteiger charge is -2.11. The van der Waals surface area contributed by atoms with E-state index in [4.69, 9.17) is 24.9 Å². The van der Waals surface area contributed by atoms with Crippen LogP contribution >= 0.6 is 0 Å². The molecule has 0 saturated heterocycles. The van der Waals surface area contributed by atoms with Crippen LogP contribution in [0.25, 0.3) is 17.5 Å². The molecular formula is C30H36N2O3. The number of aliphatic imine (C=N–C) groups is 1. The van der Waals surface area contributed by atoms with Gasteiger partial charge in [-0.05, 0) is 86.0 Å². The van der Waals surface area contributed by atoms with Crippen molar-refractivity contribution >= 4 is 23.7 Å². The van der Waals surface area contributed by atoms with Crippen LogP contribution in [0.3, 0.4) is 0 Å². The standard InChI is InChI=1S/C30H34N2O3.H2/c1-4-33-21-7-8-23-9-11-24(12-10-23)22-32-30(26-15-19-28(20-16-26)35-6-3)29(31)25-13-17-27(18-14-25)34-5-2;/h7-20,22H,4-6,21,31H2,1-3H3;1H/b8-7+,30-29-,32-22?;. The molecule has 0 bridgehead atoms. The van der Waals surface area contributed by atoms with Crippen LogP contribution in [0.4, 0.5) is 0 Å². The Kier molecular flexibility index (Phi) is 10.1. The summed E-state index contributed by atoms with van der Waals surface area (Å²) in [6.07, 6.45) is 5.89. The van der Waals surface area contributed by atoms with Crippen LogP contribution < -0.4 is 15.2 Å². The molecule has 35 heavy (non-hydrogen) atoms. The van der Waals surface area contributed by atoms with Gasteiger partial charge in [0, 0.05) is 19.8 Å². The Labute approximate surface area is 210 Å². The Morgan fingerprint density at radius 2 is 1.29 bits per heavy atom. The molecule has 0 aliphatic rings. The number of nitrogens with zero attached hydrogens (tertiary/aromatic N) is 1. The van der Waals surface area contributed by atoms with Gasteiger partial charge in [0.1, 0.15) is 11.5 Å². The minimum Gasteiger partial charge on any atom is -0.494 e. The topological polar surface area (TPSA) is 66.1 Å². The summed E-state index contributed by atoms with van der Waals surface area (Å²) in [4.78, 5) is 4.81. The minimum atomic E-state index is 0. The van der Waals surface area contributed by atoms with Gasteiger partial charge in [0.25, 0.3) is 0 Å². The molecule has 0 aliphatic heterocycles. The predicted molar refractivity (Wildman–Crippen MR) is 148 cm³/mol. The number of rotatable bonds is 12. The highest BCUT2D eigenvalue weighted by Gasteiger charge is 2.09. The zero-order valence-electron chi connectivity index (χ0n) is 20.7. The summed E-state index contributed by atoms with van der Waals surface area (Å²) in [5.74, 6) is 1.62. The van der Waals surface area contributed by atoms with Crippen LogP contribution in [0, 0.1) is 0 Å². The van der Waals surface area contributed by atoms with E-state index in [2.05, 4.69) is 12.1 Å². The SMILES string of the molecule is CCOC/C=C/c1ccc(C=N/C(=C(\N)c2ccc(OCC)cc2)c2ccc(OCC)cc2)cc1.[HH]. The van der Waals surface area contributed by atoms with E-state index in [1.807, 2.05) is 99.8 Å². The van der Waals surface area contributed by atoms with Gasteiger partial charge in [-0.3, -0.25) is 4.99 Å². The van der Waals surface area contributed by atoms with E-state index in [0.717, 1.165) is 33.8 Å². The van der Waals surface area contributed by atoms with Crippen molar-refractivity contribution in [1.82, 2.24) is 0 Å². The van der Waals surface area contributed by atoms with Gasteiger partial charge in [-0.2, -0.15) is 0 Å². The molecule has 5 heteroatoms. The molecular weight excluding hydrogens is 436 g/mol. The fourth-order valence-electron chi connectivity index (χ4n) is 3.41. The summed E-state index contributed by atoms with van der Waals surface area (Å²) in [6, 6.07) is 23.7. The summed E-state index contributed by atoms with van der Waals surface area (Å²) in [5, 5.41) is 0. The maximum atomic E-state index is 6.63. The molecule has 184 valence electrons. The third kappa shape index (κ3) is 7.87. The summed E-state index contributed by atoms with van der Waals surface area (Å²) < 4.78 is 16.5. The zero-order valence-corrected chi connectivity index (χ0v) is 20.7. The first kappa shape index (κ1) is 25.8. The largest absolute Gasteiger partial charge is 0.494 e. The number of ether oxygens (including phenoxy) is 3. The molecule has 0 heterocycles. The van der Waals surface area contributed by atoms with E-state index in [-0.39, 0.29) is 1.43 Å². The van der Waals surface area contributed by atoms with Crippen molar-refractivity contribution in [2.75, 3.05) is 26.4 Å². The van der Waals surface area contributed by atoms with Crippen LogP contribution in [0.1, 0.15) is 44.5 Å². The van der Waals surface area contributed by atoms with Crippen LogP contribution in [0.5, 0.6) is 11.5 Å². The van der Waals surface area contributed by atoms with E-state index in [1.165, 1.54) is 0 Å². The molecule has 2 N–H and O–H groups in total. The average molecular weight is 473 g/mol. The van der Waals surface area contributed by atoms with Crippen molar-refractivity contribution in [2.24, 2.45) is 10.7 Å². The highest BCUT2D eigenvalue weighted by molar-refractivity contribution is 5.94. The lowest BCUT2D eigenvalue weighted by atomic mass is 10.0. The van der Waals surface area contributed by atoms with Crippen LogP contribution in [-0.4, -0.2) is 32.6 Å². The van der Waals surface area contributed by atoms with E-state index in [9.17, 15) is 0 Å². The highest BCUT2D eigenvalue weighted by Crippen LogP contribution is 2.27. The lowest BCUT2D eigenvalue weighted by molar-refractivity contribution is 0.178.